The molecule has 0 atom stereocenters. The number of carboxylic acid groups (broad SMARTS) is 1. The van der Waals surface area contributed by atoms with Crippen LogP contribution in [0.25, 0.3) is 5.57 Å². The molecule has 0 saturated carbocycles. The zero-order chi connectivity index (χ0) is 48.6. The Kier molecular flexibility index (Phi) is 17.5. The molecule has 1 aliphatic carbocycles. The molecule has 2 heterocycles. The molecule has 0 aromatic heterocycles. The van der Waals surface area contributed by atoms with Crippen molar-refractivity contribution in [1.82, 2.24) is 0 Å². The molecule has 0 fully saturated rings. The van der Waals surface area contributed by atoms with Crippen LogP contribution in [0.5, 0.6) is 0 Å². The molecule has 3 aliphatic rings. The molecular weight excluding hydrogens is 945 g/mol. The number of hydrogen-bond acceptors (Lipinski definition) is 14. The number of rotatable bonds is 24. The predicted molar refractivity (Wildman–Crippen MR) is 257 cm³/mol. The summed E-state index contributed by atoms with van der Waals surface area (Å²) in [4.78, 5) is 14.1. The van der Waals surface area contributed by atoms with Crippen molar-refractivity contribution in [1.29, 1.82) is 0 Å². The van der Waals surface area contributed by atoms with Gasteiger partial charge in [-0.25, -0.2) is 10.5 Å². The van der Waals surface area contributed by atoms with Gasteiger partial charge in [-0.2, -0.15) is 21.4 Å². The quantitative estimate of drug-likeness (QED) is 0.0140. The number of aryl methyl sites for hydroxylation is 1. The lowest BCUT2D eigenvalue weighted by molar-refractivity contribution is -0.438. The minimum absolute atomic E-state index is 0.0508. The number of fused-ring (bicyclic) bond motifs is 2. The number of carboxylic acids is 1. The second-order valence-corrected chi connectivity index (χ2v) is 22.1. The Labute approximate surface area is 400 Å². The van der Waals surface area contributed by atoms with E-state index >= 15 is 0 Å². The fourth-order valence-corrected chi connectivity index (χ4v) is 11.1. The van der Waals surface area contributed by atoms with Gasteiger partial charge in [-0.1, -0.05) is 60.3 Å². The van der Waals surface area contributed by atoms with Gasteiger partial charge in [0.25, 0.3) is 20.2 Å². The number of nitrogens with zero attached hydrogens (tertiary/aromatic N) is 2. The van der Waals surface area contributed by atoms with E-state index in [9.17, 15) is 35.8 Å². The lowest BCUT2D eigenvalue weighted by atomic mass is 9.81. The Balaban J connectivity index is 1.45. The molecule has 0 spiro atoms. The predicted octanol–water partition coefficient (Wildman–Crippen LogP) is 10.1. The molecule has 16 nitrogen and oxygen atoms in total. The van der Waals surface area contributed by atoms with Crippen LogP contribution in [0.3, 0.4) is 0 Å². The molecule has 3 aromatic rings. The maximum Gasteiger partial charge on any atom is 0.303 e. The van der Waals surface area contributed by atoms with E-state index < -0.39 is 37.0 Å². The van der Waals surface area contributed by atoms with Crippen molar-refractivity contribution in [3.05, 3.63) is 124 Å². The number of allylic oxidation sites excluding steroid dienone is 8. The van der Waals surface area contributed by atoms with Crippen LogP contribution in [-0.4, -0.2) is 82.4 Å². The normalized spacial score (nSPS) is 18.0. The van der Waals surface area contributed by atoms with Crippen LogP contribution in [0.2, 0.25) is 0 Å². The third-order valence-electron chi connectivity index (χ3n) is 12.4. The lowest BCUT2D eigenvalue weighted by Gasteiger charge is -2.27. The highest BCUT2D eigenvalue weighted by molar-refractivity contribution is 7.94. The Hall–Kier alpha value is -4.16. The van der Waals surface area contributed by atoms with Gasteiger partial charge in [0.2, 0.25) is 5.69 Å². The van der Waals surface area contributed by atoms with Crippen LogP contribution in [-0.2, 0) is 61.0 Å². The minimum Gasteiger partial charge on any atom is -0.481 e. The van der Waals surface area contributed by atoms with E-state index in [1.807, 2.05) is 44.2 Å². The van der Waals surface area contributed by atoms with Gasteiger partial charge in [0, 0.05) is 76.6 Å². The van der Waals surface area contributed by atoms with Crippen molar-refractivity contribution in [2.24, 2.45) is 0 Å². The number of aliphatic carboxylic acids is 1. The van der Waals surface area contributed by atoms with Crippen LogP contribution in [0.1, 0.15) is 101 Å². The summed E-state index contributed by atoms with van der Waals surface area (Å²) in [6.45, 7) is 9.31. The molecule has 67 heavy (non-hydrogen) atoms. The molecule has 0 saturated heterocycles. The number of unbranched alkanes of at least 4 members (excludes halogenated alkanes) is 2. The number of hydrogen-bond donors (Lipinski definition) is 5. The Morgan fingerprint density at radius 1 is 0.836 bits per heavy atom. The molecule has 0 amide bonds. The monoisotopic (exact) mass is 1000 g/mol. The number of benzene rings is 3. The Bertz CT molecular complexity index is 2710. The van der Waals surface area contributed by atoms with Crippen LogP contribution >= 0.6 is 24.1 Å². The zero-order valence-corrected chi connectivity index (χ0v) is 41.0. The van der Waals surface area contributed by atoms with Crippen LogP contribution in [0.15, 0.2) is 112 Å². The fraction of sp³-hybridized carbons (Fsp3) is 0.404. The molecule has 0 bridgehead atoms. The molecule has 362 valence electrons. The van der Waals surface area contributed by atoms with Crippen molar-refractivity contribution in [2.75, 3.05) is 29.5 Å². The van der Waals surface area contributed by atoms with Gasteiger partial charge in [-0.3, -0.25) is 13.9 Å². The molecule has 5 N–H and O–H groups in total. The molecule has 3 aromatic carbocycles. The van der Waals surface area contributed by atoms with Crippen LogP contribution in [0.4, 0.5) is 11.4 Å². The summed E-state index contributed by atoms with van der Waals surface area (Å²) in [5.41, 5.74) is 9.28. The molecule has 2 aliphatic heterocycles. The first-order valence-electron chi connectivity index (χ1n) is 21.8. The molecule has 20 heteroatoms. The fourth-order valence-electron chi connectivity index (χ4n) is 9.21. The van der Waals surface area contributed by atoms with E-state index in [2.05, 4.69) is 74.2 Å². The van der Waals surface area contributed by atoms with E-state index in [4.69, 9.17) is 14.8 Å². The van der Waals surface area contributed by atoms with Crippen LogP contribution < -0.4 is 4.90 Å². The third-order valence-corrected chi connectivity index (χ3v) is 15.3. The van der Waals surface area contributed by atoms with E-state index in [0.29, 0.717) is 55.8 Å². The minimum atomic E-state index is -4.47. The van der Waals surface area contributed by atoms with Crippen molar-refractivity contribution in [3.63, 3.8) is 0 Å². The molecule has 0 radical (unpaired) electrons. The highest BCUT2D eigenvalue weighted by atomic mass is 32.2. The first kappa shape index (κ1) is 52.2. The van der Waals surface area contributed by atoms with Gasteiger partial charge in [0.15, 0.2) is 5.71 Å². The van der Waals surface area contributed by atoms with E-state index in [1.54, 1.807) is 6.07 Å². The zero-order valence-electron chi connectivity index (χ0n) is 37.7. The maximum absolute atomic E-state index is 12.3. The summed E-state index contributed by atoms with van der Waals surface area (Å²) in [5, 5.41) is 34.3. The molecular formula is C47H57N2O14S4+. The third kappa shape index (κ3) is 12.9. The summed E-state index contributed by atoms with van der Waals surface area (Å²) in [6, 6.07) is 18.6. The maximum atomic E-state index is 12.3. The molecule has 6 rings (SSSR count). The van der Waals surface area contributed by atoms with Gasteiger partial charge >= 0.3 is 5.97 Å². The van der Waals surface area contributed by atoms with Crippen molar-refractivity contribution in [2.45, 2.75) is 106 Å². The summed E-state index contributed by atoms with van der Waals surface area (Å²) in [6.07, 6.45) is 13.1. The first-order chi connectivity index (χ1) is 31.8. The Morgan fingerprint density at radius 3 is 2.33 bits per heavy atom. The average molecular weight is 1000 g/mol. The second kappa shape index (κ2) is 22.5. The van der Waals surface area contributed by atoms with Crippen LogP contribution in [0, 0.1) is 0 Å². The van der Waals surface area contributed by atoms with Crippen molar-refractivity contribution < 1.29 is 69.7 Å². The summed E-state index contributed by atoms with van der Waals surface area (Å²) >= 11 is 1.84. The second-order valence-electron chi connectivity index (χ2n) is 17.6. The summed E-state index contributed by atoms with van der Waals surface area (Å²) < 4.78 is 78.6. The smallest absolute Gasteiger partial charge is 0.303 e. The highest BCUT2D eigenvalue weighted by Crippen LogP contribution is 2.50. The summed E-state index contributed by atoms with van der Waals surface area (Å²) in [5.74, 6) is -0.650. The summed E-state index contributed by atoms with van der Waals surface area (Å²) in [7, 11) is -8.60. The van der Waals surface area contributed by atoms with E-state index in [-0.39, 0.29) is 23.5 Å². The van der Waals surface area contributed by atoms with Gasteiger partial charge in [0.05, 0.1) is 28.1 Å². The van der Waals surface area contributed by atoms with E-state index in [0.717, 1.165) is 98.7 Å². The first-order valence-corrected chi connectivity index (χ1v) is 26.5. The highest BCUT2D eigenvalue weighted by Gasteiger charge is 2.45. The average Bonchev–Trinajstić information content (AvgIpc) is 3.84. The van der Waals surface area contributed by atoms with E-state index in [1.165, 1.54) is 12.1 Å². The molecule has 0 unspecified atom stereocenters. The standard InChI is InChI=1S/C47H56N2O14S4/c1-46(2)38-30-36(65-63-61-53)19-21-40(38)49(26-6-8-28-66(54,55)56)42(46)23-17-33-15-16-34(45(33)35-13-9-11-32(29-35)12-10-14-44(50)51)18-24-43-47(3,4)39-31-37(67(57,58)59)20-22-41(39)48(43)25-5-7-27-64-62-60-52/h9,11,13,17-24,29-31H,5-8,10,12,14-16,25-28H2,1-4H3,(H4-,50,51,52,53,54,55,56,57,58,59)/p+1. The topological polar surface area (TPSA) is 230 Å². The SMILES string of the molecule is CC1(C)C(/C=C/C2=C(c3cccc(CCCC(=O)O)c3)C(=C/C=C3/N(CCCCSOOO)c4ccc(S(=O)(=O)O)cc4C3(C)C)/CC2)=[N+](CCCCS(=O)(=O)O)c2ccc(SOOO)cc21. The van der Waals surface area contributed by atoms with Gasteiger partial charge in [-0.15, -0.1) is 8.67 Å². The largest absolute Gasteiger partial charge is 0.481 e. The number of carbonyl (C=O) groups is 1. The van der Waals surface area contributed by atoms with Crippen molar-refractivity contribution in [3.8, 4) is 0 Å². The van der Waals surface area contributed by atoms with Crippen molar-refractivity contribution >= 4 is 73.0 Å². The van der Waals surface area contributed by atoms with Gasteiger partial charge in [0.1, 0.15) is 6.54 Å². The Morgan fingerprint density at radius 2 is 1.61 bits per heavy atom. The lowest BCUT2D eigenvalue weighted by Crippen LogP contribution is -2.28. The van der Waals surface area contributed by atoms with Gasteiger partial charge in [-0.05, 0) is 129 Å². The van der Waals surface area contributed by atoms with Gasteiger partial charge < -0.3 is 10.0 Å². The number of anilines is 1.